The lowest BCUT2D eigenvalue weighted by atomic mass is 9.98. The first kappa shape index (κ1) is 41.0. The van der Waals surface area contributed by atoms with Crippen molar-refractivity contribution in [2.45, 2.75) is 71.2 Å². The summed E-state index contributed by atoms with van der Waals surface area (Å²) in [6, 6.07) is 9.92. The van der Waals surface area contributed by atoms with Crippen molar-refractivity contribution in [2.75, 3.05) is 89.3 Å². The standard InChI is InChI=1S/C45H57N11O5/c1-29(2)36-20-37(40(58)21-39(36)57)44(60)56-25-31-4-3-30(19-32(31)26-56)24-51-11-13-53(14-12-51)34-5-9-54(10-6-34)41(59)28-52-8-7-35-38(27-52)49-42(33-22-47-45(46)48-23-33)50-43(35)55-15-17-61-18-16-55/h3-4,19-23,29,34,57-58H,5-18,24-28H2,1-2H3,(H2,46,47,48). The second-order valence-corrected chi connectivity index (χ2v) is 17.5. The molecule has 0 unspecified atom stereocenters. The van der Waals surface area contributed by atoms with Gasteiger partial charge < -0.3 is 35.4 Å². The van der Waals surface area contributed by atoms with Crippen molar-refractivity contribution >= 4 is 23.6 Å². The van der Waals surface area contributed by atoms with E-state index in [2.05, 4.69) is 52.7 Å². The number of nitrogens with two attached hydrogens (primary N) is 1. The Morgan fingerprint density at radius 1 is 0.820 bits per heavy atom. The van der Waals surface area contributed by atoms with E-state index >= 15 is 0 Å². The number of carbonyl (C=O) groups excluding carboxylic acids is 2. The summed E-state index contributed by atoms with van der Waals surface area (Å²) in [4.78, 5) is 58.9. The molecule has 5 aliphatic heterocycles. The lowest BCUT2D eigenvalue weighted by molar-refractivity contribution is -0.134. The van der Waals surface area contributed by atoms with E-state index in [-0.39, 0.29) is 40.7 Å². The van der Waals surface area contributed by atoms with Gasteiger partial charge in [0.15, 0.2) is 5.82 Å². The molecule has 0 bridgehead atoms. The minimum absolute atomic E-state index is 0.00558. The molecular weight excluding hydrogens is 775 g/mol. The van der Waals surface area contributed by atoms with Crippen molar-refractivity contribution in [2.24, 2.45) is 0 Å². The van der Waals surface area contributed by atoms with E-state index in [4.69, 9.17) is 20.4 Å². The molecule has 4 N–H and O–H groups in total. The van der Waals surface area contributed by atoms with E-state index in [1.165, 1.54) is 11.6 Å². The van der Waals surface area contributed by atoms with Crippen LogP contribution in [0.15, 0.2) is 42.7 Å². The number of hydrogen-bond donors (Lipinski definition) is 3. The van der Waals surface area contributed by atoms with Crippen LogP contribution in [0.5, 0.6) is 11.5 Å². The molecule has 0 aliphatic carbocycles. The summed E-state index contributed by atoms with van der Waals surface area (Å²) in [5, 5.41) is 20.8. The Labute approximate surface area is 356 Å². The highest BCUT2D eigenvalue weighted by Crippen LogP contribution is 2.35. The van der Waals surface area contributed by atoms with E-state index in [1.54, 1.807) is 23.4 Å². The number of nitrogen functional groups attached to an aromatic ring is 1. The monoisotopic (exact) mass is 831 g/mol. The third-order valence-electron chi connectivity index (χ3n) is 13.1. The van der Waals surface area contributed by atoms with Gasteiger partial charge in [-0.25, -0.2) is 19.9 Å². The molecule has 16 heteroatoms. The van der Waals surface area contributed by atoms with Crippen molar-refractivity contribution in [3.63, 3.8) is 0 Å². The zero-order valence-corrected chi connectivity index (χ0v) is 35.3. The highest BCUT2D eigenvalue weighted by atomic mass is 16.5. The van der Waals surface area contributed by atoms with Crippen molar-refractivity contribution in [1.82, 2.24) is 44.4 Å². The van der Waals surface area contributed by atoms with Crippen molar-refractivity contribution in [3.05, 3.63) is 81.8 Å². The minimum atomic E-state index is -0.230. The summed E-state index contributed by atoms with van der Waals surface area (Å²) in [6.07, 6.45) is 6.07. The van der Waals surface area contributed by atoms with E-state index in [0.29, 0.717) is 62.4 Å². The third-order valence-corrected chi connectivity index (χ3v) is 13.1. The number of phenolic OH excluding ortho intramolecular Hbond substituents is 2. The smallest absolute Gasteiger partial charge is 0.258 e. The molecule has 322 valence electrons. The molecule has 2 aromatic carbocycles. The largest absolute Gasteiger partial charge is 0.508 e. The average Bonchev–Trinajstić information content (AvgIpc) is 3.70. The van der Waals surface area contributed by atoms with Gasteiger partial charge in [-0.1, -0.05) is 32.0 Å². The van der Waals surface area contributed by atoms with Gasteiger partial charge in [-0.15, -0.1) is 0 Å². The number of hydrogen-bond acceptors (Lipinski definition) is 14. The van der Waals surface area contributed by atoms with Crippen LogP contribution in [0, 0.1) is 0 Å². The summed E-state index contributed by atoms with van der Waals surface area (Å²) in [7, 11) is 0. The topological polar surface area (TPSA) is 181 Å². The first-order chi connectivity index (χ1) is 29.6. The van der Waals surface area contributed by atoms with Crippen LogP contribution in [0.2, 0.25) is 0 Å². The predicted molar refractivity (Wildman–Crippen MR) is 230 cm³/mol. The number of piperazine rings is 1. The molecule has 0 saturated carbocycles. The highest BCUT2D eigenvalue weighted by molar-refractivity contribution is 5.97. The van der Waals surface area contributed by atoms with Crippen molar-refractivity contribution in [3.8, 4) is 22.9 Å². The maximum atomic E-state index is 13.7. The number of aromatic nitrogens is 4. The maximum absolute atomic E-state index is 13.7. The molecular formula is C45H57N11O5. The quantitative estimate of drug-likeness (QED) is 0.224. The van der Waals surface area contributed by atoms with Gasteiger partial charge >= 0.3 is 0 Å². The van der Waals surface area contributed by atoms with Crippen LogP contribution in [0.4, 0.5) is 11.8 Å². The number of rotatable bonds is 9. The molecule has 61 heavy (non-hydrogen) atoms. The van der Waals surface area contributed by atoms with Gasteiger partial charge in [-0.05, 0) is 53.5 Å². The Bertz CT molecular complexity index is 2250. The van der Waals surface area contributed by atoms with Crippen LogP contribution in [0.3, 0.4) is 0 Å². The fourth-order valence-corrected chi connectivity index (χ4v) is 9.62. The van der Waals surface area contributed by atoms with Crippen molar-refractivity contribution in [1.29, 1.82) is 0 Å². The number of benzene rings is 2. The highest BCUT2D eigenvalue weighted by Gasteiger charge is 2.33. The fraction of sp³-hybridized carbons (Fsp3) is 0.511. The number of likely N-dealkylation sites (tertiary alicyclic amines) is 1. The minimum Gasteiger partial charge on any atom is -0.508 e. The molecule has 2 amide bonds. The first-order valence-electron chi connectivity index (χ1n) is 21.8. The van der Waals surface area contributed by atoms with E-state index < -0.39 is 0 Å². The predicted octanol–water partition coefficient (Wildman–Crippen LogP) is 3.21. The molecule has 0 spiro atoms. The first-order valence-corrected chi connectivity index (χ1v) is 21.8. The Morgan fingerprint density at radius 2 is 1.56 bits per heavy atom. The van der Waals surface area contributed by atoms with Crippen LogP contribution >= 0.6 is 0 Å². The fourth-order valence-electron chi connectivity index (χ4n) is 9.62. The zero-order chi connectivity index (χ0) is 42.2. The van der Waals surface area contributed by atoms with Crippen LogP contribution in [0.1, 0.15) is 76.5 Å². The molecule has 7 heterocycles. The number of ether oxygens (including phenoxy) is 1. The van der Waals surface area contributed by atoms with Crippen LogP contribution < -0.4 is 10.6 Å². The number of phenols is 2. The van der Waals surface area contributed by atoms with E-state index in [9.17, 15) is 19.8 Å². The molecule has 3 saturated heterocycles. The summed E-state index contributed by atoms with van der Waals surface area (Å²) in [6.45, 7) is 15.9. The van der Waals surface area contributed by atoms with Gasteiger partial charge in [0.2, 0.25) is 11.9 Å². The Balaban J connectivity index is 0.745. The van der Waals surface area contributed by atoms with Crippen LogP contribution in [0.25, 0.3) is 11.4 Å². The number of anilines is 2. The van der Waals surface area contributed by atoms with E-state index in [1.807, 2.05) is 13.8 Å². The molecule has 3 fully saturated rings. The molecule has 9 rings (SSSR count). The number of morpholine rings is 1. The number of carbonyl (C=O) groups is 2. The van der Waals surface area contributed by atoms with Gasteiger partial charge in [0.25, 0.3) is 5.91 Å². The number of nitrogens with zero attached hydrogens (tertiary/aromatic N) is 10. The van der Waals surface area contributed by atoms with Gasteiger partial charge in [0.1, 0.15) is 17.3 Å². The Hall–Kier alpha value is -5.42. The molecule has 2 aromatic heterocycles. The van der Waals surface area contributed by atoms with Crippen LogP contribution in [-0.4, -0.2) is 151 Å². The van der Waals surface area contributed by atoms with Crippen molar-refractivity contribution < 1.29 is 24.5 Å². The maximum Gasteiger partial charge on any atom is 0.258 e. The second-order valence-electron chi connectivity index (χ2n) is 17.5. The van der Waals surface area contributed by atoms with Gasteiger partial charge in [0, 0.05) is 115 Å². The third kappa shape index (κ3) is 8.85. The van der Waals surface area contributed by atoms with Gasteiger partial charge in [-0.2, -0.15) is 0 Å². The average molecular weight is 832 g/mol. The second kappa shape index (κ2) is 17.5. The SMILES string of the molecule is CC(C)c1cc(C(=O)N2Cc3ccc(CN4CCN(C5CCN(C(=O)CN6CCc7c(nc(-c8cnc(N)nc8)nc7N7CCOCC7)C6)CC5)CC4)cc3C2)c(O)cc1O. The summed E-state index contributed by atoms with van der Waals surface area (Å²) >= 11 is 0. The lowest BCUT2D eigenvalue weighted by Gasteiger charge is -2.43. The zero-order valence-electron chi connectivity index (χ0n) is 35.3. The summed E-state index contributed by atoms with van der Waals surface area (Å²) in [5.74, 6) is 1.50. The molecule has 0 radical (unpaired) electrons. The molecule has 16 nitrogen and oxygen atoms in total. The number of piperidine rings is 1. The van der Waals surface area contributed by atoms with E-state index in [0.717, 1.165) is 113 Å². The number of amides is 2. The number of fused-ring (bicyclic) bond motifs is 2. The summed E-state index contributed by atoms with van der Waals surface area (Å²) in [5.41, 5.74) is 12.9. The molecule has 4 aromatic rings. The summed E-state index contributed by atoms with van der Waals surface area (Å²) < 4.78 is 5.62. The number of aromatic hydroxyl groups is 2. The normalized spacial score (nSPS) is 19.4. The molecule has 0 atom stereocenters. The Morgan fingerprint density at radius 3 is 2.30 bits per heavy atom. The Kier molecular flexibility index (Phi) is 11.8. The van der Waals surface area contributed by atoms with Crippen LogP contribution in [-0.2, 0) is 42.1 Å². The molecule has 5 aliphatic rings. The lowest BCUT2D eigenvalue weighted by Crippen LogP contribution is -2.54. The van der Waals surface area contributed by atoms with Gasteiger partial charge in [0.05, 0.1) is 36.6 Å². The van der Waals surface area contributed by atoms with Gasteiger partial charge in [-0.3, -0.25) is 24.3 Å².